The molecule has 9 amide bonds. The van der Waals surface area contributed by atoms with Crippen LogP contribution in [0.3, 0.4) is 0 Å². The number of alkyl carbamates (subject to hydrolysis) is 3. The Morgan fingerprint density at radius 1 is 0.465 bits per heavy atom. The SMILES string of the molecule is CC(=NCCCCC(=O)Nc1cc(C(F)(F)F)cc(NC(=O)c2cc(C(=O)Nc3cc(C(F)(F)F)cc(NC(=O)CCCCN=C(NC(=O)OC(C)(C)C)NC(=O)OC(C)(C)C)c3O[C@@H]3CCN(C(=O)OC(C)(C)C)C3)ncn2)c1O[C@@H]1CCN(C(=O)OC(C)(C)C)C1)NC(=O)OC(C)(C)C. The van der Waals surface area contributed by atoms with E-state index in [4.69, 9.17) is 33.2 Å². The molecule has 35 heteroatoms. The average molecular weight is 1440 g/mol. The molecule has 2 aliphatic heterocycles. The fourth-order valence-corrected chi connectivity index (χ4v) is 9.21. The summed E-state index contributed by atoms with van der Waals surface area (Å²) in [5.74, 6) is -5.40. The Labute approximate surface area is 581 Å². The lowest BCUT2D eigenvalue weighted by Gasteiger charge is -2.25. The molecule has 0 saturated carbocycles. The molecule has 0 unspecified atom stereocenters. The molecule has 0 aliphatic carbocycles. The van der Waals surface area contributed by atoms with E-state index in [0.29, 0.717) is 30.6 Å². The van der Waals surface area contributed by atoms with E-state index in [-0.39, 0.29) is 102 Å². The Balaban J connectivity index is 1.47. The number of carbonyl (C=O) groups is 9. The Kier molecular flexibility index (Phi) is 27.7. The molecule has 558 valence electrons. The zero-order valence-corrected chi connectivity index (χ0v) is 59.5. The normalized spacial score (nSPS) is 15.3. The van der Waals surface area contributed by atoms with Crippen LogP contribution in [0.25, 0.3) is 0 Å². The smallest absolute Gasteiger partial charge is 0.416 e. The highest BCUT2D eigenvalue weighted by atomic mass is 19.4. The predicted molar refractivity (Wildman–Crippen MR) is 358 cm³/mol. The van der Waals surface area contributed by atoms with E-state index in [9.17, 15) is 69.5 Å². The molecule has 0 bridgehead atoms. The van der Waals surface area contributed by atoms with Crippen molar-refractivity contribution in [1.82, 2.24) is 35.7 Å². The summed E-state index contributed by atoms with van der Waals surface area (Å²) in [6.07, 6.45) is -15.6. The minimum absolute atomic E-state index is 0.0177. The number of unbranched alkanes of at least 4 members (excludes halogenated alkanes) is 2. The third-order valence-corrected chi connectivity index (χ3v) is 13.3. The van der Waals surface area contributed by atoms with Crippen LogP contribution >= 0.6 is 0 Å². The molecule has 2 fully saturated rings. The fourth-order valence-electron chi connectivity index (χ4n) is 9.21. The molecule has 101 heavy (non-hydrogen) atoms. The van der Waals surface area contributed by atoms with Gasteiger partial charge in [0, 0.05) is 57.9 Å². The van der Waals surface area contributed by atoms with E-state index in [1.807, 2.05) is 0 Å². The molecule has 0 spiro atoms. The van der Waals surface area contributed by atoms with Gasteiger partial charge in [0.1, 0.15) is 63.8 Å². The van der Waals surface area contributed by atoms with Crippen molar-refractivity contribution in [3.8, 4) is 11.5 Å². The van der Waals surface area contributed by atoms with Gasteiger partial charge in [0.25, 0.3) is 11.8 Å². The molecule has 0 radical (unpaired) electrons. The number of halogens is 6. The highest BCUT2D eigenvalue weighted by Gasteiger charge is 2.39. The van der Waals surface area contributed by atoms with Gasteiger partial charge in [-0.2, -0.15) is 26.3 Å². The Hall–Kier alpha value is -9.73. The minimum atomic E-state index is -5.15. The van der Waals surface area contributed by atoms with Gasteiger partial charge in [0.05, 0.1) is 47.0 Å². The first-order valence-electron chi connectivity index (χ1n) is 32.4. The third kappa shape index (κ3) is 29.2. The number of carbonyl (C=O) groups excluding carboxylic acids is 9. The minimum Gasteiger partial charge on any atom is -0.484 e. The fraction of sp³-hybridized carbons (Fsp3) is 0.591. The second kappa shape index (κ2) is 34.1. The van der Waals surface area contributed by atoms with Crippen molar-refractivity contribution < 1.29 is 103 Å². The summed E-state index contributed by atoms with van der Waals surface area (Å²) in [7, 11) is 0. The molecule has 3 aromatic rings. The molecule has 1 aromatic heterocycles. The number of aromatic nitrogens is 2. The molecule has 2 atom stereocenters. The van der Waals surface area contributed by atoms with Gasteiger partial charge in [0.15, 0.2) is 11.5 Å². The largest absolute Gasteiger partial charge is 0.484 e. The van der Waals surface area contributed by atoms with E-state index in [0.717, 1.165) is 6.07 Å². The van der Waals surface area contributed by atoms with Gasteiger partial charge < -0.3 is 64.2 Å². The van der Waals surface area contributed by atoms with Gasteiger partial charge in [0.2, 0.25) is 17.8 Å². The number of likely N-dealkylation sites (tertiary alicyclic amines) is 2. The van der Waals surface area contributed by atoms with Gasteiger partial charge >= 0.3 is 42.8 Å². The van der Waals surface area contributed by atoms with Crippen LogP contribution in [0.1, 0.15) is 194 Å². The van der Waals surface area contributed by atoms with Crippen LogP contribution in [-0.4, -0.2) is 165 Å². The highest BCUT2D eigenvalue weighted by Crippen LogP contribution is 2.44. The van der Waals surface area contributed by atoms with E-state index in [1.54, 1.807) is 104 Å². The number of aliphatic imine (C=N–C) groups is 2. The molecule has 2 saturated heterocycles. The lowest BCUT2D eigenvalue weighted by molar-refractivity contribution is -0.138. The van der Waals surface area contributed by atoms with Crippen molar-refractivity contribution >= 4 is 88.6 Å². The van der Waals surface area contributed by atoms with Gasteiger partial charge in [-0.1, -0.05) is 0 Å². The monoisotopic (exact) mass is 1440 g/mol. The van der Waals surface area contributed by atoms with E-state index in [2.05, 4.69) is 57.2 Å². The van der Waals surface area contributed by atoms with Crippen LogP contribution in [0.4, 0.5) is 73.1 Å². The Morgan fingerprint density at radius 2 is 0.802 bits per heavy atom. The molecule has 2 aromatic carbocycles. The second-order valence-electron chi connectivity index (χ2n) is 28.5. The predicted octanol–water partition coefficient (Wildman–Crippen LogP) is 12.4. The maximum Gasteiger partial charge on any atom is 0.416 e. The number of guanidine groups is 1. The zero-order valence-electron chi connectivity index (χ0n) is 59.5. The lowest BCUT2D eigenvalue weighted by atomic mass is 10.1. The topological polar surface area (TPSA) is 359 Å². The van der Waals surface area contributed by atoms with Crippen molar-refractivity contribution in [3.05, 3.63) is 59.2 Å². The number of amidine groups is 1. The molecular formula is C66H91F6N13O16. The summed E-state index contributed by atoms with van der Waals surface area (Å²) in [4.78, 5) is 139. The number of amides is 9. The molecule has 3 heterocycles. The van der Waals surface area contributed by atoms with E-state index < -0.39 is 163 Å². The van der Waals surface area contributed by atoms with Crippen molar-refractivity contribution in [2.24, 2.45) is 9.98 Å². The lowest BCUT2D eigenvalue weighted by Crippen LogP contribution is -2.47. The van der Waals surface area contributed by atoms with Gasteiger partial charge in [-0.25, -0.2) is 33.9 Å². The molecule has 7 N–H and O–H groups in total. The molecule has 29 nitrogen and oxygen atoms in total. The van der Waals surface area contributed by atoms with E-state index in [1.165, 1.54) is 16.7 Å². The summed E-state index contributed by atoms with van der Waals surface area (Å²) in [5, 5.41) is 16.6. The van der Waals surface area contributed by atoms with Gasteiger partial charge in [-0.05, 0) is 161 Å². The third-order valence-electron chi connectivity index (χ3n) is 13.3. The quantitative estimate of drug-likeness (QED) is 0.0182. The van der Waals surface area contributed by atoms with Crippen molar-refractivity contribution in [3.63, 3.8) is 0 Å². The highest BCUT2D eigenvalue weighted by molar-refractivity contribution is 6.09. The molecule has 5 rings (SSSR count). The van der Waals surface area contributed by atoms with Crippen LogP contribution in [-0.2, 0) is 45.6 Å². The summed E-state index contributed by atoms with van der Waals surface area (Å²) < 4.78 is 129. The van der Waals surface area contributed by atoms with Gasteiger partial charge in [-0.15, -0.1) is 0 Å². The van der Waals surface area contributed by atoms with Crippen LogP contribution < -0.4 is 46.7 Å². The second-order valence-corrected chi connectivity index (χ2v) is 28.5. The number of rotatable bonds is 20. The summed E-state index contributed by atoms with van der Waals surface area (Å²) in [5.41, 5.74) is -11.2. The number of nitrogens with one attached hydrogen (secondary N) is 7. The number of ether oxygens (including phenoxy) is 7. The van der Waals surface area contributed by atoms with Crippen LogP contribution in [0, 0.1) is 0 Å². The van der Waals surface area contributed by atoms with Crippen molar-refractivity contribution in [2.45, 2.75) is 215 Å². The molecule has 2 aliphatic rings. The van der Waals surface area contributed by atoms with Gasteiger partial charge in [-0.3, -0.25) is 45.1 Å². The summed E-state index contributed by atoms with van der Waals surface area (Å²) in [6, 6.07) is 2.91. The number of alkyl halides is 6. The maximum atomic E-state index is 14.9. The van der Waals surface area contributed by atoms with Crippen molar-refractivity contribution in [2.75, 3.05) is 60.5 Å². The first-order chi connectivity index (χ1) is 46.5. The Morgan fingerprint density at radius 3 is 1.15 bits per heavy atom. The number of hydrogen-bond donors (Lipinski definition) is 7. The maximum absolute atomic E-state index is 14.9. The zero-order chi connectivity index (χ0) is 75.8. The summed E-state index contributed by atoms with van der Waals surface area (Å²) in [6.45, 7) is 25.8. The van der Waals surface area contributed by atoms with Crippen LogP contribution in [0.5, 0.6) is 11.5 Å². The standard InChI is InChI=1S/C66H91F6N13O16/c1-37(77-55(90)97-60(2,3)4)73-25-19-17-21-48(86)78-42-29-38(65(67,68)69)31-44(50(42)95-40-23-27-84(34-40)58(93)100-63(11,12)13)80-52(88)46-33-47(76-36-75-46)53(89)81-45-32-39(66(70,71)72)30-43(51(45)96-41-24-28-85(35-41)59(94)101-64(14,15)16)79-49(87)22-18-20-26-74-54(82-56(91)98-61(5,6)7)83-57(92)99-62(8,9)10/h29-33,36,40-41H,17-28,34-35H2,1-16H3,(H,78,86)(H,79,87)(H,80,88)(H,81,89)(H,73,77,90)(H2,74,82,83,91,92)/t40-,41-/m1/s1. The summed E-state index contributed by atoms with van der Waals surface area (Å²) >= 11 is 0. The van der Waals surface area contributed by atoms with E-state index >= 15 is 0 Å². The number of nitrogens with zero attached hydrogens (tertiary/aromatic N) is 6. The first-order valence-corrected chi connectivity index (χ1v) is 32.4. The number of benzene rings is 2. The molecular weight excluding hydrogens is 1340 g/mol. The number of anilines is 4. The van der Waals surface area contributed by atoms with Crippen LogP contribution in [0.15, 0.2) is 46.6 Å². The Bertz CT molecular complexity index is 3540. The first kappa shape index (κ1) is 81.9. The van der Waals surface area contributed by atoms with Crippen molar-refractivity contribution in [1.29, 1.82) is 0 Å². The van der Waals surface area contributed by atoms with Crippen LogP contribution in [0.2, 0.25) is 0 Å². The average Bonchev–Trinajstić information content (AvgIpc) is 1.44. The number of hydrogen-bond acceptors (Lipinski definition) is 20.